The van der Waals surface area contributed by atoms with Crippen LogP contribution < -0.4 is 4.90 Å². The molecule has 6 heteroatoms. The van der Waals surface area contributed by atoms with Gasteiger partial charge in [-0.3, -0.25) is 4.40 Å². The molecule has 0 atom stereocenters. The summed E-state index contributed by atoms with van der Waals surface area (Å²) in [5.41, 5.74) is 1.29. The number of aromatic nitrogens is 2. The van der Waals surface area contributed by atoms with E-state index in [1.165, 1.54) is 29.4 Å². The SMILES string of the molecule is BrCc1c(N2CCCSCC2)nc2sccn12. The summed E-state index contributed by atoms with van der Waals surface area (Å²) < 4.78 is 2.20. The molecule has 92 valence electrons. The molecule has 0 aromatic carbocycles. The molecule has 0 amide bonds. The number of rotatable bonds is 2. The monoisotopic (exact) mass is 331 g/mol. The van der Waals surface area contributed by atoms with Crippen molar-refractivity contribution >= 4 is 49.8 Å². The van der Waals surface area contributed by atoms with Crippen LogP contribution in [0.15, 0.2) is 11.6 Å². The molecule has 1 saturated heterocycles. The fourth-order valence-electron chi connectivity index (χ4n) is 2.16. The molecule has 0 radical (unpaired) electrons. The fraction of sp³-hybridized carbons (Fsp3) is 0.545. The summed E-state index contributed by atoms with van der Waals surface area (Å²) >= 11 is 7.35. The number of nitrogens with zero attached hydrogens (tertiary/aromatic N) is 3. The molecule has 1 aliphatic heterocycles. The third-order valence-corrected chi connectivity index (χ3v) is 5.32. The minimum Gasteiger partial charge on any atom is -0.354 e. The Morgan fingerprint density at radius 1 is 1.35 bits per heavy atom. The molecule has 1 fully saturated rings. The van der Waals surface area contributed by atoms with Crippen molar-refractivity contribution in [3.8, 4) is 0 Å². The van der Waals surface area contributed by atoms with Gasteiger partial charge < -0.3 is 4.90 Å². The second-order valence-electron chi connectivity index (χ2n) is 4.02. The molecule has 0 N–H and O–H groups in total. The van der Waals surface area contributed by atoms with E-state index in [0.29, 0.717) is 0 Å². The lowest BCUT2D eigenvalue weighted by atomic mass is 10.3. The van der Waals surface area contributed by atoms with Crippen molar-refractivity contribution in [2.45, 2.75) is 11.8 Å². The van der Waals surface area contributed by atoms with Gasteiger partial charge in [0.05, 0.1) is 5.69 Å². The Hall–Kier alpha value is -0.200. The zero-order chi connectivity index (χ0) is 11.7. The van der Waals surface area contributed by atoms with Crippen LogP contribution >= 0.6 is 39.0 Å². The van der Waals surface area contributed by atoms with Gasteiger partial charge in [0.1, 0.15) is 0 Å². The van der Waals surface area contributed by atoms with Gasteiger partial charge in [-0.1, -0.05) is 15.9 Å². The van der Waals surface area contributed by atoms with Gasteiger partial charge in [-0.15, -0.1) is 11.3 Å². The Morgan fingerprint density at radius 3 is 3.18 bits per heavy atom. The summed E-state index contributed by atoms with van der Waals surface area (Å²) in [5, 5.41) is 2.96. The summed E-state index contributed by atoms with van der Waals surface area (Å²) in [6.07, 6.45) is 3.37. The topological polar surface area (TPSA) is 20.5 Å². The van der Waals surface area contributed by atoms with Crippen LogP contribution in [0.5, 0.6) is 0 Å². The van der Waals surface area contributed by atoms with Crippen LogP contribution in [-0.2, 0) is 5.33 Å². The first-order chi connectivity index (χ1) is 8.40. The molecule has 0 aliphatic carbocycles. The van der Waals surface area contributed by atoms with Crippen molar-refractivity contribution in [1.82, 2.24) is 9.38 Å². The highest BCUT2D eigenvalue weighted by atomic mass is 79.9. The van der Waals surface area contributed by atoms with E-state index in [0.717, 1.165) is 23.4 Å². The molecule has 0 bridgehead atoms. The second-order valence-corrected chi connectivity index (χ2v) is 6.68. The van der Waals surface area contributed by atoms with Gasteiger partial charge >= 0.3 is 0 Å². The average Bonchev–Trinajstić information content (AvgIpc) is 2.80. The fourth-order valence-corrected chi connectivity index (χ4v) is 4.29. The zero-order valence-corrected chi connectivity index (χ0v) is 12.7. The van der Waals surface area contributed by atoms with E-state index in [1.54, 1.807) is 11.3 Å². The zero-order valence-electron chi connectivity index (χ0n) is 9.43. The highest BCUT2D eigenvalue weighted by Gasteiger charge is 2.19. The minimum absolute atomic E-state index is 0.865. The third kappa shape index (κ3) is 2.22. The van der Waals surface area contributed by atoms with Crippen molar-refractivity contribution in [1.29, 1.82) is 0 Å². The van der Waals surface area contributed by atoms with Crippen molar-refractivity contribution in [3.05, 3.63) is 17.3 Å². The number of alkyl halides is 1. The molecule has 3 rings (SSSR count). The van der Waals surface area contributed by atoms with Crippen molar-refractivity contribution in [2.75, 3.05) is 29.5 Å². The molecule has 2 aromatic heterocycles. The van der Waals surface area contributed by atoms with Crippen LogP contribution in [0.2, 0.25) is 0 Å². The van der Waals surface area contributed by atoms with E-state index in [9.17, 15) is 0 Å². The lowest BCUT2D eigenvalue weighted by Gasteiger charge is -2.20. The predicted octanol–water partition coefficient (Wildman–Crippen LogP) is 3.23. The number of hydrogen-bond donors (Lipinski definition) is 0. The maximum Gasteiger partial charge on any atom is 0.195 e. The Balaban J connectivity index is 1.99. The molecule has 3 heterocycles. The second kappa shape index (κ2) is 5.20. The minimum atomic E-state index is 0.865. The first kappa shape index (κ1) is 11.9. The van der Waals surface area contributed by atoms with Gasteiger partial charge in [-0.25, -0.2) is 4.98 Å². The van der Waals surface area contributed by atoms with Crippen LogP contribution in [0.3, 0.4) is 0 Å². The Labute approximate surface area is 117 Å². The lowest BCUT2D eigenvalue weighted by molar-refractivity contribution is 0.800. The first-order valence-electron chi connectivity index (χ1n) is 5.73. The Kier molecular flexibility index (Phi) is 3.63. The number of fused-ring (bicyclic) bond motifs is 1. The molecule has 17 heavy (non-hydrogen) atoms. The summed E-state index contributed by atoms with van der Waals surface area (Å²) in [4.78, 5) is 8.32. The van der Waals surface area contributed by atoms with Gasteiger partial charge in [0, 0.05) is 35.7 Å². The maximum absolute atomic E-state index is 4.78. The van der Waals surface area contributed by atoms with E-state index in [1.807, 2.05) is 0 Å². The van der Waals surface area contributed by atoms with Crippen LogP contribution in [0, 0.1) is 0 Å². The van der Waals surface area contributed by atoms with E-state index >= 15 is 0 Å². The van der Waals surface area contributed by atoms with Crippen molar-refractivity contribution < 1.29 is 0 Å². The van der Waals surface area contributed by atoms with Gasteiger partial charge in [0.2, 0.25) is 0 Å². The summed E-state index contributed by atoms with van der Waals surface area (Å²) in [5.74, 6) is 3.67. The predicted molar refractivity (Wildman–Crippen MR) is 79.9 cm³/mol. The van der Waals surface area contributed by atoms with Gasteiger partial charge in [0.25, 0.3) is 0 Å². The number of hydrogen-bond acceptors (Lipinski definition) is 4. The number of thiazole rings is 1. The molecule has 0 saturated carbocycles. The molecular formula is C11H14BrN3S2. The van der Waals surface area contributed by atoms with Crippen molar-refractivity contribution in [3.63, 3.8) is 0 Å². The third-order valence-electron chi connectivity index (χ3n) is 2.99. The highest BCUT2D eigenvalue weighted by Crippen LogP contribution is 2.27. The quantitative estimate of drug-likeness (QED) is 0.788. The lowest BCUT2D eigenvalue weighted by Crippen LogP contribution is -2.26. The normalized spacial score (nSPS) is 17.6. The van der Waals surface area contributed by atoms with E-state index < -0.39 is 0 Å². The summed E-state index contributed by atoms with van der Waals surface area (Å²) in [6, 6.07) is 0. The molecule has 3 nitrogen and oxygen atoms in total. The standard InChI is InChI=1S/C11H14BrN3S2/c12-8-9-10(13-11-15(9)4-7-17-11)14-2-1-5-16-6-3-14/h4,7H,1-3,5-6,8H2. The smallest absolute Gasteiger partial charge is 0.195 e. The molecular weight excluding hydrogens is 318 g/mol. The number of thioether (sulfide) groups is 1. The number of anilines is 1. The van der Waals surface area contributed by atoms with Gasteiger partial charge in [0.15, 0.2) is 10.8 Å². The van der Waals surface area contributed by atoms with E-state index in [2.05, 4.69) is 48.6 Å². The first-order valence-corrected chi connectivity index (χ1v) is 8.89. The van der Waals surface area contributed by atoms with Gasteiger partial charge in [-0.05, 0) is 12.2 Å². The van der Waals surface area contributed by atoms with Gasteiger partial charge in [-0.2, -0.15) is 11.8 Å². The van der Waals surface area contributed by atoms with E-state index in [4.69, 9.17) is 4.98 Å². The molecule has 0 unspecified atom stereocenters. The molecule has 0 spiro atoms. The van der Waals surface area contributed by atoms with Crippen LogP contribution in [0.1, 0.15) is 12.1 Å². The highest BCUT2D eigenvalue weighted by molar-refractivity contribution is 9.08. The number of halogens is 1. The Morgan fingerprint density at radius 2 is 2.29 bits per heavy atom. The average molecular weight is 332 g/mol. The maximum atomic E-state index is 4.78. The molecule has 2 aromatic rings. The van der Waals surface area contributed by atoms with Crippen LogP contribution in [-0.4, -0.2) is 34.0 Å². The van der Waals surface area contributed by atoms with E-state index in [-0.39, 0.29) is 0 Å². The largest absolute Gasteiger partial charge is 0.354 e. The van der Waals surface area contributed by atoms with Crippen LogP contribution in [0.25, 0.3) is 4.96 Å². The van der Waals surface area contributed by atoms with Crippen molar-refractivity contribution in [2.24, 2.45) is 0 Å². The summed E-state index contributed by atoms with van der Waals surface area (Å²) in [6.45, 7) is 2.26. The molecule has 1 aliphatic rings. The summed E-state index contributed by atoms with van der Waals surface area (Å²) in [7, 11) is 0. The van der Waals surface area contributed by atoms with Crippen LogP contribution in [0.4, 0.5) is 5.82 Å². The Bertz CT molecular complexity index is 500. The number of imidazole rings is 1.